The second kappa shape index (κ2) is 2.90. The molecule has 0 aromatic carbocycles. The minimum Gasteiger partial charge on any atom is -0.469 e. The van der Waals surface area contributed by atoms with E-state index >= 15 is 0 Å². The summed E-state index contributed by atoms with van der Waals surface area (Å²) >= 11 is 1.71. The molecule has 1 aromatic rings. The zero-order valence-electron chi connectivity index (χ0n) is 6.87. The Bertz CT molecular complexity index is 283. The van der Waals surface area contributed by atoms with Gasteiger partial charge < -0.3 is 4.74 Å². The maximum absolute atomic E-state index is 11.2. The molecule has 0 atom stereocenters. The van der Waals surface area contributed by atoms with Crippen LogP contribution in [0.25, 0.3) is 0 Å². The third kappa shape index (κ3) is 1.14. The van der Waals surface area contributed by atoms with E-state index in [9.17, 15) is 4.79 Å². The lowest BCUT2D eigenvalue weighted by molar-refractivity contribution is -0.145. The average Bonchev–Trinajstić information content (AvgIpc) is 2.60. The summed E-state index contributed by atoms with van der Waals surface area (Å²) < 4.78 is 4.70. The van der Waals surface area contributed by atoms with E-state index in [1.807, 2.05) is 0 Å². The molecule has 0 saturated heterocycles. The maximum atomic E-state index is 11.2. The largest absolute Gasteiger partial charge is 0.469 e. The molecule has 0 fully saturated rings. The van der Waals surface area contributed by atoms with Crippen molar-refractivity contribution in [3.8, 4) is 0 Å². The molecule has 0 spiro atoms. The summed E-state index contributed by atoms with van der Waals surface area (Å²) in [4.78, 5) is 11.2. The van der Waals surface area contributed by atoms with Gasteiger partial charge in [-0.15, -0.1) is 0 Å². The van der Waals surface area contributed by atoms with E-state index in [4.69, 9.17) is 4.74 Å². The molecule has 0 radical (unpaired) electrons. The number of esters is 1. The van der Waals surface area contributed by atoms with Crippen molar-refractivity contribution < 1.29 is 9.53 Å². The van der Waals surface area contributed by atoms with E-state index in [1.165, 1.54) is 18.2 Å². The van der Waals surface area contributed by atoms with Gasteiger partial charge in [-0.25, -0.2) is 0 Å². The van der Waals surface area contributed by atoms with Crippen LogP contribution in [-0.4, -0.2) is 13.1 Å². The van der Waals surface area contributed by atoms with Crippen LogP contribution in [0.1, 0.15) is 11.1 Å². The lowest BCUT2D eigenvalue weighted by atomic mass is 10.1. The Labute approximate surface area is 75.2 Å². The molecule has 0 unspecified atom stereocenters. The molecular formula is C9H10O2S. The van der Waals surface area contributed by atoms with Gasteiger partial charge >= 0.3 is 5.97 Å². The van der Waals surface area contributed by atoms with E-state index < -0.39 is 0 Å². The Balaban J connectivity index is 2.12. The highest BCUT2D eigenvalue weighted by Crippen LogP contribution is 2.30. The fourth-order valence-corrected chi connectivity index (χ4v) is 2.54. The zero-order valence-corrected chi connectivity index (χ0v) is 7.69. The first-order valence-corrected chi connectivity index (χ1v) is 4.87. The van der Waals surface area contributed by atoms with Crippen LogP contribution in [0.5, 0.6) is 0 Å². The normalized spacial score (nSPS) is 16.1. The molecule has 1 aliphatic rings. The first kappa shape index (κ1) is 7.80. The van der Waals surface area contributed by atoms with Crippen molar-refractivity contribution in [2.75, 3.05) is 7.11 Å². The van der Waals surface area contributed by atoms with Gasteiger partial charge in [-0.05, 0) is 34.7 Å². The van der Waals surface area contributed by atoms with Crippen molar-refractivity contribution in [1.29, 1.82) is 0 Å². The summed E-state index contributed by atoms with van der Waals surface area (Å²) in [5.41, 5.74) is 2.66. The van der Waals surface area contributed by atoms with Crippen molar-refractivity contribution in [3.63, 3.8) is 0 Å². The highest BCUT2D eigenvalue weighted by molar-refractivity contribution is 7.08. The number of fused-ring (bicyclic) bond motifs is 1. The number of methoxy groups -OCH3 is 1. The maximum Gasteiger partial charge on any atom is 0.309 e. The minimum atomic E-state index is -0.0730. The Hall–Kier alpha value is -0.830. The molecular weight excluding hydrogens is 172 g/mol. The van der Waals surface area contributed by atoms with Crippen LogP contribution >= 0.6 is 11.3 Å². The Morgan fingerprint density at radius 3 is 2.58 bits per heavy atom. The fraction of sp³-hybridized carbons (Fsp3) is 0.444. The molecule has 0 saturated carbocycles. The van der Waals surface area contributed by atoms with Gasteiger partial charge in [0.25, 0.3) is 0 Å². The standard InChI is InChI=1S/C9H10O2S/c1-11-9(10)6-2-7-4-12-5-8(7)3-6/h4-6H,2-3H2,1H3. The van der Waals surface area contributed by atoms with Crippen molar-refractivity contribution in [1.82, 2.24) is 0 Å². The second-order valence-corrected chi connectivity index (χ2v) is 3.79. The van der Waals surface area contributed by atoms with Gasteiger partial charge in [0.2, 0.25) is 0 Å². The summed E-state index contributed by atoms with van der Waals surface area (Å²) in [7, 11) is 1.45. The monoisotopic (exact) mass is 182 g/mol. The van der Waals surface area contributed by atoms with Crippen LogP contribution in [0, 0.1) is 5.92 Å². The molecule has 0 aliphatic heterocycles. The van der Waals surface area contributed by atoms with Gasteiger partial charge in [-0.1, -0.05) is 0 Å². The van der Waals surface area contributed by atoms with Gasteiger partial charge in [0.15, 0.2) is 0 Å². The summed E-state index contributed by atoms with van der Waals surface area (Å²) in [6, 6.07) is 0. The predicted octanol–water partition coefficient (Wildman–Crippen LogP) is 1.64. The second-order valence-electron chi connectivity index (χ2n) is 3.05. The molecule has 0 amide bonds. The van der Waals surface area contributed by atoms with Crippen molar-refractivity contribution in [2.24, 2.45) is 5.92 Å². The van der Waals surface area contributed by atoms with Crippen LogP contribution in [0.4, 0.5) is 0 Å². The molecule has 64 valence electrons. The molecule has 0 N–H and O–H groups in total. The smallest absolute Gasteiger partial charge is 0.309 e. The molecule has 2 rings (SSSR count). The third-order valence-electron chi connectivity index (χ3n) is 2.30. The molecule has 0 bridgehead atoms. The number of hydrogen-bond donors (Lipinski definition) is 0. The summed E-state index contributed by atoms with van der Waals surface area (Å²) in [5, 5.41) is 4.25. The van der Waals surface area contributed by atoms with E-state index in [-0.39, 0.29) is 11.9 Å². The topological polar surface area (TPSA) is 26.3 Å². The van der Waals surface area contributed by atoms with Crippen LogP contribution in [-0.2, 0) is 22.4 Å². The molecule has 1 heterocycles. The average molecular weight is 182 g/mol. The van der Waals surface area contributed by atoms with Crippen molar-refractivity contribution in [2.45, 2.75) is 12.8 Å². The molecule has 3 heteroatoms. The number of carbonyl (C=O) groups excluding carboxylic acids is 1. The number of carbonyl (C=O) groups is 1. The zero-order chi connectivity index (χ0) is 8.55. The van der Waals surface area contributed by atoms with E-state index in [0.29, 0.717) is 0 Å². The van der Waals surface area contributed by atoms with Gasteiger partial charge in [-0.3, -0.25) is 4.79 Å². The Kier molecular flexibility index (Phi) is 1.89. The first-order chi connectivity index (χ1) is 5.81. The predicted molar refractivity (Wildman–Crippen MR) is 47.2 cm³/mol. The summed E-state index contributed by atoms with van der Waals surface area (Å²) in [5.74, 6) is 0.00426. The number of ether oxygens (including phenoxy) is 1. The molecule has 1 aliphatic carbocycles. The van der Waals surface area contributed by atoms with Gasteiger partial charge in [0, 0.05) is 0 Å². The van der Waals surface area contributed by atoms with Gasteiger partial charge in [0.1, 0.15) is 0 Å². The van der Waals surface area contributed by atoms with Crippen molar-refractivity contribution >= 4 is 17.3 Å². The number of hydrogen-bond acceptors (Lipinski definition) is 3. The minimum absolute atomic E-state index is 0.0730. The van der Waals surface area contributed by atoms with Crippen LogP contribution in [0.15, 0.2) is 10.8 Å². The highest BCUT2D eigenvalue weighted by atomic mass is 32.1. The van der Waals surface area contributed by atoms with E-state index in [2.05, 4.69) is 10.8 Å². The highest BCUT2D eigenvalue weighted by Gasteiger charge is 2.28. The van der Waals surface area contributed by atoms with E-state index in [1.54, 1.807) is 11.3 Å². The molecule has 1 aromatic heterocycles. The quantitative estimate of drug-likeness (QED) is 0.617. The lowest BCUT2D eigenvalue weighted by Crippen LogP contribution is -2.15. The number of rotatable bonds is 1. The van der Waals surface area contributed by atoms with Crippen LogP contribution in [0.3, 0.4) is 0 Å². The molecule has 2 nitrogen and oxygen atoms in total. The van der Waals surface area contributed by atoms with E-state index in [0.717, 1.165) is 12.8 Å². The van der Waals surface area contributed by atoms with Crippen molar-refractivity contribution in [3.05, 3.63) is 21.9 Å². The lowest BCUT2D eigenvalue weighted by Gasteiger charge is -2.04. The van der Waals surface area contributed by atoms with Gasteiger partial charge in [-0.2, -0.15) is 11.3 Å². The van der Waals surface area contributed by atoms with Crippen LogP contribution in [0.2, 0.25) is 0 Å². The SMILES string of the molecule is COC(=O)C1Cc2cscc2C1. The first-order valence-electron chi connectivity index (χ1n) is 3.93. The number of thiophene rings is 1. The Morgan fingerprint density at radius 1 is 1.50 bits per heavy atom. The third-order valence-corrected chi connectivity index (χ3v) is 3.14. The summed E-state index contributed by atoms with van der Waals surface area (Å²) in [6.45, 7) is 0. The Morgan fingerprint density at radius 2 is 2.08 bits per heavy atom. The molecule has 12 heavy (non-hydrogen) atoms. The van der Waals surface area contributed by atoms with Gasteiger partial charge in [0.05, 0.1) is 13.0 Å². The fourth-order valence-electron chi connectivity index (χ4n) is 1.64. The van der Waals surface area contributed by atoms with Crippen LogP contribution < -0.4 is 0 Å². The summed E-state index contributed by atoms with van der Waals surface area (Å²) in [6.07, 6.45) is 1.73.